The molecule has 4 unspecified atom stereocenters. The van der Waals surface area contributed by atoms with Gasteiger partial charge in [-0.1, -0.05) is 6.92 Å². The van der Waals surface area contributed by atoms with Crippen LogP contribution in [0.25, 0.3) is 0 Å². The van der Waals surface area contributed by atoms with Crippen LogP contribution in [0.4, 0.5) is 0 Å². The molecular weight excluding hydrogens is 260 g/mol. The minimum absolute atomic E-state index is 0.266. The first kappa shape index (κ1) is 15.0. The van der Waals surface area contributed by atoms with E-state index >= 15 is 0 Å². The highest BCUT2D eigenvalue weighted by molar-refractivity contribution is 5.04. The average molecular weight is 290 g/mol. The van der Waals surface area contributed by atoms with E-state index in [1.54, 1.807) is 0 Å². The lowest BCUT2D eigenvalue weighted by Gasteiger charge is -2.38. The van der Waals surface area contributed by atoms with Crippen molar-refractivity contribution in [3.63, 3.8) is 0 Å². The van der Waals surface area contributed by atoms with Crippen LogP contribution in [0.5, 0.6) is 0 Å². The molecular formula is C17H30N4. The summed E-state index contributed by atoms with van der Waals surface area (Å²) in [6, 6.07) is 4.45. The van der Waals surface area contributed by atoms with Gasteiger partial charge in [-0.15, -0.1) is 0 Å². The molecule has 3 rings (SSSR count). The SMILES string of the molecule is CCC(C)n1ccc(CC(N)C2CC3CCC(C2)N3C)n1. The molecule has 2 aliphatic heterocycles. The Morgan fingerprint density at radius 2 is 2.00 bits per heavy atom. The number of fused-ring (bicyclic) bond motifs is 2. The predicted octanol–water partition coefficient (Wildman–Crippen LogP) is 2.60. The molecule has 21 heavy (non-hydrogen) atoms. The van der Waals surface area contributed by atoms with Gasteiger partial charge < -0.3 is 10.6 Å². The Kier molecular flexibility index (Phi) is 4.36. The molecule has 0 amide bonds. The Morgan fingerprint density at radius 1 is 1.33 bits per heavy atom. The third-order valence-corrected chi connectivity index (χ3v) is 5.89. The van der Waals surface area contributed by atoms with E-state index in [4.69, 9.17) is 10.8 Å². The molecule has 4 nitrogen and oxygen atoms in total. The van der Waals surface area contributed by atoms with Crippen LogP contribution >= 0.6 is 0 Å². The maximum absolute atomic E-state index is 6.53. The Hall–Kier alpha value is -0.870. The van der Waals surface area contributed by atoms with E-state index in [1.165, 1.54) is 25.7 Å². The van der Waals surface area contributed by atoms with Crippen molar-refractivity contribution in [2.45, 2.75) is 76.5 Å². The molecule has 0 aliphatic carbocycles. The van der Waals surface area contributed by atoms with E-state index < -0.39 is 0 Å². The van der Waals surface area contributed by atoms with Gasteiger partial charge in [-0.3, -0.25) is 4.68 Å². The maximum atomic E-state index is 6.53. The van der Waals surface area contributed by atoms with Gasteiger partial charge in [0.2, 0.25) is 0 Å². The molecule has 2 bridgehead atoms. The van der Waals surface area contributed by atoms with Crippen molar-refractivity contribution < 1.29 is 0 Å². The highest BCUT2D eigenvalue weighted by atomic mass is 15.3. The van der Waals surface area contributed by atoms with E-state index in [1.807, 2.05) is 0 Å². The molecule has 1 aromatic heterocycles. The number of nitrogens with two attached hydrogens (primary N) is 1. The van der Waals surface area contributed by atoms with Gasteiger partial charge in [0.05, 0.1) is 5.69 Å². The number of hydrogen-bond donors (Lipinski definition) is 1. The van der Waals surface area contributed by atoms with Crippen LogP contribution in [0.1, 0.15) is 57.7 Å². The van der Waals surface area contributed by atoms with Crippen molar-refractivity contribution in [3.8, 4) is 0 Å². The van der Waals surface area contributed by atoms with Crippen molar-refractivity contribution in [1.29, 1.82) is 0 Å². The summed E-state index contributed by atoms with van der Waals surface area (Å²) in [6.07, 6.45) is 9.44. The second-order valence-corrected chi connectivity index (χ2v) is 7.19. The average Bonchev–Trinajstić information content (AvgIpc) is 2.99. The van der Waals surface area contributed by atoms with Crippen LogP contribution in [0.2, 0.25) is 0 Å². The van der Waals surface area contributed by atoms with Crippen LogP contribution in [0, 0.1) is 5.92 Å². The van der Waals surface area contributed by atoms with Gasteiger partial charge in [-0.2, -0.15) is 5.10 Å². The molecule has 2 aliphatic rings. The van der Waals surface area contributed by atoms with E-state index in [0.29, 0.717) is 12.0 Å². The van der Waals surface area contributed by atoms with Crippen LogP contribution in [-0.4, -0.2) is 39.9 Å². The maximum Gasteiger partial charge on any atom is 0.0640 e. The van der Waals surface area contributed by atoms with Crippen molar-refractivity contribution in [2.24, 2.45) is 11.7 Å². The molecule has 3 heterocycles. The summed E-state index contributed by atoms with van der Waals surface area (Å²) in [5.74, 6) is 0.674. The Morgan fingerprint density at radius 3 is 2.62 bits per heavy atom. The van der Waals surface area contributed by atoms with Crippen molar-refractivity contribution in [2.75, 3.05) is 7.05 Å². The number of hydrogen-bond acceptors (Lipinski definition) is 3. The molecule has 2 saturated heterocycles. The monoisotopic (exact) mass is 290 g/mol. The largest absolute Gasteiger partial charge is 0.327 e. The molecule has 2 N–H and O–H groups in total. The lowest BCUT2D eigenvalue weighted by molar-refractivity contribution is 0.120. The van der Waals surface area contributed by atoms with E-state index in [-0.39, 0.29) is 6.04 Å². The fourth-order valence-corrected chi connectivity index (χ4v) is 4.13. The number of rotatable bonds is 5. The lowest BCUT2D eigenvalue weighted by atomic mass is 9.84. The third-order valence-electron chi connectivity index (χ3n) is 5.89. The number of aromatic nitrogens is 2. The molecule has 4 heteroatoms. The van der Waals surface area contributed by atoms with E-state index in [2.05, 4.69) is 42.7 Å². The third kappa shape index (κ3) is 3.02. The first-order valence-corrected chi connectivity index (χ1v) is 8.60. The van der Waals surface area contributed by atoms with Crippen LogP contribution in [0.3, 0.4) is 0 Å². The van der Waals surface area contributed by atoms with Crippen molar-refractivity contribution >= 4 is 0 Å². The van der Waals surface area contributed by atoms with E-state index in [9.17, 15) is 0 Å². The smallest absolute Gasteiger partial charge is 0.0640 e. The molecule has 0 saturated carbocycles. The lowest BCUT2D eigenvalue weighted by Crippen LogP contribution is -2.46. The summed E-state index contributed by atoms with van der Waals surface area (Å²) in [6.45, 7) is 4.41. The van der Waals surface area contributed by atoms with Gasteiger partial charge in [-0.05, 0) is 58.1 Å². The summed E-state index contributed by atoms with van der Waals surface area (Å²) < 4.78 is 2.08. The van der Waals surface area contributed by atoms with Gasteiger partial charge in [0.15, 0.2) is 0 Å². The zero-order valence-corrected chi connectivity index (χ0v) is 13.7. The van der Waals surface area contributed by atoms with Crippen LogP contribution in [0.15, 0.2) is 12.3 Å². The summed E-state index contributed by atoms with van der Waals surface area (Å²) in [7, 11) is 2.29. The summed E-state index contributed by atoms with van der Waals surface area (Å²) in [5, 5.41) is 4.71. The highest BCUT2D eigenvalue weighted by Gasteiger charge is 2.40. The Balaban J connectivity index is 1.59. The normalized spacial score (nSPS) is 32.3. The zero-order valence-electron chi connectivity index (χ0n) is 13.7. The zero-order chi connectivity index (χ0) is 15.0. The second-order valence-electron chi connectivity index (χ2n) is 7.19. The van der Waals surface area contributed by atoms with Gasteiger partial charge in [0, 0.05) is 36.8 Å². The fourth-order valence-electron chi connectivity index (χ4n) is 4.13. The first-order chi connectivity index (χ1) is 10.1. The van der Waals surface area contributed by atoms with Crippen molar-refractivity contribution in [1.82, 2.24) is 14.7 Å². The summed E-state index contributed by atoms with van der Waals surface area (Å²) in [5.41, 5.74) is 7.69. The van der Waals surface area contributed by atoms with Gasteiger partial charge in [0.1, 0.15) is 0 Å². The number of piperidine rings is 1. The Labute approximate surface area is 128 Å². The molecule has 0 aromatic carbocycles. The van der Waals surface area contributed by atoms with Gasteiger partial charge in [0.25, 0.3) is 0 Å². The highest BCUT2D eigenvalue weighted by Crippen LogP contribution is 2.38. The van der Waals surface area contributed by atoms with E-state index in [0.717, 1.165) is 30.6 Å². The fraction of sp³-hybridized carbons (Fsp3) is 0.824. The Bertz CT molecular complexity index is 455. The van der Waals surface area contributed by atoms with Gasteiger partial charge in [-0.25, -0.2) is 0 Å². The molecule has 118 valence electrons. The standard InChI is InChI=1S/C17H30N4/c1-4-12(2)21-8-7-14(19-21)11-17(18)13-9-15-5-6-16(10-13)20(15)3/h7-8,12-13,15-17H,4-6,9-11,18H2,1-3H3. The minimum Gasteiger partial charge on any atom is -0.327 e. The molecule has 4 atom stereocenters. The molecule has 0 spiro atoms. The van der Waals surface area contributed by atoms with Crippen LogP contribution in [-0.2, 0) is 6.42 Å². The van der Waals surface area contributed by atoms with Crippen molar-refractivity contribution in [3.05, 3.63) is 18.0 Å². The summed E-state index contributed by atoms with van der Waals surface area (Å²) >= 11 is 0. The molecule has 1 aromatic rings. The van der Waals surface area contributed by atoms with Crippen LogP contribution < -0.4 is 5.73 Å². The minimum atomic E-state index is 0.266. The quantitative estimate of drug-likeness (QED) is 0.906. The summed E-state index contributed by atoms with van der Waals surface area (Å²) in [4.78, 5) is 2.58. The topological polar surface area (TPSA) is 47.1 Å². The number of nitrogens with zero attached hydrogens (tertiary/aromatic N) is 3. The molecule has 0 radical (unpaired) electrons. The molecule has 2 fully saturated rings. The second kappa shape index (κ2) is 6.09. The predicted molar refractivity (Wildman–Crippen MR) is 86.2 cm³/mol. The van der Waals surface area contributed by atoms with Gasteiger partial charge >= 0.3 is 0 Å². The first-order valence-electron chi connectivity index (χ1n) is 8.60.